The first kappa shape index (κ1) is 20.6. The molecule has 0 bridgehead atoms. The summed E-state index contributed by atoms with van der Waals surface area (Å²) in [4.78, 5) is 12.4. The summed E-state index contributed by atoms with van der Waals surface area (Å²) in [6.07, 6.45) is 2.09. The minimum absolute atomic E-state index is 0.135. The van der Waals surface area contributed by atoms with Gasteiger partial charge in [-0.15, -0.1) is 0 Å². The number of halogens is 2. The Kier molecular flexibility index (Phi) is 5.68. The molecule has 1 unspecified atom stereocenters. The number of urea groups is 1. The van der Waals surface area contributed by atoms with Crippen LogP contribution in [0, 0.1) is 11.6 Å². The van der Waals surface area contributed by atoms with Crippen LogP contribution in [-0.2, 0) is 13.5 Å². The van der Waals surface area contributed by atoms with Gasteiger partial charge in [0.15, 0.2) is 0 Å². The van der Waals surface area contributed by atoms with Crippen LogP contribution in [0.1, 0.15) is 17.2 Å². The van der Waals surface area contributed by atoms with E-state index >= 15 is 0 Å². The second-order valence-electron chi connectivity index (χ2n) is 7.45. The lowest BCUT2D eigenvalue weighted by molar-refractivity contribution is 0.262. The van der Waals surface area contributed by atoms with Gasteiger partial charge < -0.3 is 20.9 Å². The Morgan fingerprint density at radius 1 is 1.00 bits per heavy atom. The Hall–Kier alpha value is -3.71. The average Bonchev–Trinajstić information content (AvgIpc) is 3.11. The second-order valence-corrected chi connectivity index (χ2v) is 7.45. The molecule has 3 aromatic carbocycles. The Morgan fingerprint density at radius 2 is 1.77 bits per heavy atom. The molecule has 4 rings (SSSR count). The maximum atomic E-state index is 13.9. The van der Waals surface area contributed by atoms with Gasteiger partial charge in [0, 0.05) is 41.6 Å². The highest BCUT2D eigenvalue weighted by Crippen LogP contribution is 2.23. The van der Waals surface area contributed by atoms with Crippen LogP contribution in [0.2, 0.25) is 0 Å². The molecule has 0 fully saturated rings. The maximum absolute atomic E-state index is 13.9. The number of carbonyl (C=O) groups excluding carboxylic acids is 1. The van der Waals surface area contributed by atoms with Crippen molar-refractivity contribution < 1.29 is 13.6 Å². The largest absolute Gasteiger partial charge is 0.351 e. The zero-order valence-corrected chi connectivity index (χ0v) is 16.9. The van der Waals surface area contributed by atoms with E-state index in [1.807, 2.05) is 42.1 Å². The van der Waals surface area contributed by atoms with Crippen molar-refractivity contribution in [3.05, 3.63) is 95.7 Å². The number of carbonyl (C=O) groups is 1. The lowest BCUT2D eigenvalue weighted by atomic mass is 9.99. The van der Waals surface area contributed by atoms with Crippen LogP contribution >= 0.6 is 0 Å². The lowest BCUT2D eigenvalue weighted by Crippen LogP contribution is -2.20. The normalized spacial score (nSPS) is 12.0. The number of fused-ring (bicyclic) bond motifs is 1. The van der Waals surface area contributed by atoms with E-state index in [0.29, 0.717) is 16.9 Å². The van der Waals surface area contributed by atoms with Crippen LogP contribution in [0.25, 0.3) is 10.9 Å². The first-order valence-corrected chi connectivity index (χ1v) is 9.81. The van der Waals surface area contributed by atoms with Crippen LogP contribution in [0.4, 0.5) is 25.0 Å². The van der Waals surface area contributed by atoms with E-state index in [4.69, 9.17) is 5.73 Å². The molecule has 0 aliphatic heterocycles. The number of benzene rings is 3. The van der Waals surface area contributed by atoms with E-state index in [-0.39, 0.29) is 12.0 Å². The summed E-state index contributed by atoms with van der Waals surface area (Å²) in [6.45, 7) is 0. The first-order chi connectivity index (χ1) is 14.9. The number of anilines is 2. The van der Waals surface area contributed by atoms with E-state index in [1.165, 1.54) is 0 Å². The molecule has 0 saturated carbocycles. The lowest BCUT2D eigenvalue weighted by Gasteiger charge is -2.15. The van der Waals surface area contributed by atoms with Crippen molar-refractivity contribution in [3.8, 4) is 0 Å². The van der Waals surface area contributed by atoms with Gasteiger partial charge in [0.1, 0.15) is 11.6 Å². The number of nitrogens with one attached hydrogen (secondary N) is 2. The third-order valence-electron chi connectivity index (χ3n) is 5.16. The minimum atomic E-state index is -0.554. The summed E-state index contributed by atoms with van der Waals surface area (Å²) in [5, 5.41) is 6.62. The van der Waals surface area contributed by atoms with Crippen molar-refractivity contribution in [3.63, 3.8) is 0 Å². The van der Waals surface area contributed by atoms with Crippen LogP contribution in [0.15, 0.2) is 72.9 Å². The Morgan fingerprint density at radius 3 is 2.58 bits per heavy atom. The quantitative estimate of drug-likeness (QED) is 0.408. The molecule has 0 aliphatic carbocycles. The molecule has 31 heavy (non-hydrogen) atoms. The fraction of sp³-hybridized carbons (Fsp3) is 0.125. The summed E-state index contributed by atoms with van der Waals surface area (Å²) >= 11 is 0. The molecular weight excluding hydrogens is 398 g/mol. The van der Waals surface area contributed by atoms with Crippen molar-refractivity contribution in [2.24, 2.45) is 12.8 Å². The van der Waals surface area contributed by atoms with E-state index in [9.17, 15) is 13.6 Å². The van der Waals surface area contributed by atoms with Crippen LogP contribution < -0.4 is 16.4 Å². The van der Waals surface area contributed by atoms with Gasteiger partial charge in [-0.05, 0) is 72.1 Å². The van der Waals surface area contributed by atoms with Crippen molar-refractivity contribution in [2.45, 2.75) is 12.5 Å². The summed E-state index contributed by atoms with van der Waals surface area (Å²) in [7, 11) is 1.96. The SMILES string of the molecule is Cn1ccc2cc(NC(=O)Nc3cccc(C(N)Cc4cc(F)ccc4F)c3)ccc21. The number of nitrogens with two attached hydrogens (primary N) is 1. The molecule has 4 aromatic rings. The molecule has 0 radical (unpaired) electrons. The topological polar surface area (TPSA) is 72.1 Å². The number of amides is 2. The van der Waals surface area contributed by atoms with Gasteiger partial charge in [0.25, 0.3) is 0 Å². The molecule has 7 heteroatoms. The Labute approximate surface area is 178 Å². The van der Waals surface area contributed by atoms with Gasteiger partial charge in [-0.1, -0.05) is 12.1 Å². The van der Waals surface area contributed by atoms with Crippen LogP contribution in [-0.4, -0.2) is 10.6 Å². The molecule has 5 nitrogen and oxygen atoms in total. The molecule has 1 atom stereocenters. The van der Waals surface area contributed by atoms with Gasteiger partial charge in [-0.3, -0.25) is 0 Å². The molecule has 2 amide bonds. The summed E-state index contributed by atoms with van der Waals surface area (Å²) < 4.78 is 29.3. The zero-order chi connectivity index (χ0) is 22.0. The standard InChI is InChI=1S/C24H22F2N4O/c1-30-10-9-16-13-20(6-8-23(16)30)29-24(31)28-19-4-2-3-15(12-19)22(27)14-17-11-18(25)5-7-21(17)26/h2-13,22H,14,27H2,1H3,(H2,28,29,31). The van der Waals surface area contributed by atoms with Crippen molar-refractivity contribution >= 4 is 28.3 Å². The third-order valence-corrected chi connectivity index (χ3v) is 5.16. The molecule has 1 heterocycles. The summed E-state index contributed by atoms with van der Waals surface area (Å²) in [5.74, 6) is -1.01. The molecule has 4 N–H and O–H groups in total. The zero-order valence-electron chi connectivity index (χ0n) is 16.9. The highest BCUT2D eigenvalue weighted by atomic mass is 19.1. The van der Waals surface area contributed by atoms with Crippen LogP contribution in [0.3, 0.4) is 0 Å². The smallest absolute Gasteiger partial charge is 0.323 e. The van der Waals surface area contributed by atoms with Gasteiger partial charge in [0.2, 0.25) is 0 Å². The number of hydrogen-bond donors (Lipinski definition) is 3. The van der Waals surface area contributed by atoms with Gasteiger partial charge in [0.05, 0.1) is 0 Å². The molecule has 1 aromatic heterocycles. The predicted molar refractivity (Wildman–Crippen MR) is 119 cm³/mol. The maximum Gasteiger partial charge on any atom is 0.323 e. The molecular formula is C24H22F2N4O. The number of aromatic nitrogens is 1. The Bertz CT molecular complexity index is 1250. The van der Waals surface area contributed by atoms with Gasteiger partial charge >= 0.3 is 6.03 Å². The van der Waals surface area contributed by atoms with E-state index in [0.717, 1.165) is 29.1 Å². The molecule has 158 valence electrons. The van der Waals surface area contributed by atoms with Crippen LogP contribution in [0.5, 0.6) is 0 Å². The summed E-state index contributed by atoms with van der Waals surface area (Å²) in [6, 6.07) is 17.0. The molecule has 0 aliphatic rings. The minimum Gasteiger partial charge on any atom is -0.351 e. The van der Waals surface area contributed by atoms with Crippen molar-refractivity contribution in [1.29, 1.82) is 0 Å². The fourth-order valence-corrected chi connectivity index (χ4v) is 3.55. The number of hydrogen-bond acceptors (Lipinski definition) is 2. The van der Waals surface area contributed by atoms with Crippen molar-refractivity contribution in [2.75, 3.05) is 10.6 Å². The average molecular weight is 420 g/mol. The highest BCUT2D eigenvalue weighted by molar-refractivity contribution is 6.01. The van der Waals surface area contributed by atoms with E-state index < -0.39 is 23.7 Å². The summed E-state index contributed by atoms with van der Waals surface area (Å²) in [5.41, 5.74) is 9.40. The first-order valence-electron chi connectivity index (χ1n) is 9.81. The second kappa shape index (κ2) is 8.57. The molecule has 0 saturated heterocycles. The third kappa shape index (κ3) is 4.73. The Balaban J connectivity index is 1.43. The highest BCUT2D eigenvalue weighted by Gasteiger charge is 2.13. The number of rotatable bonds is 5. The van der Waals surface area contributed by atoms with E-state index in [2.05, 4.69) is 10.6 Å². The van der Waals surface area contributed by atoms with Crippen molar-refractivity contribution in [1.82, 2.24) is 4.57 Å². The molecule has 0 spiro atoms. The predicted octanol–water partition coefficient (Wildman–Crippen LogP) is 5.34. The van der Waals surface area contributed by atoms with Gasteiger partial charge in [-0.2, -0.15) is 0 Å². The fourth-order valence-electron chi connectivity index (χ4n) is 3.55. The number of nitrogens with zero attached hydrogens (tertiary/aromatic N) is 1. The van der Waals surface area contributed by atoms with E-state index in [1.54, 1.807) is 24.3 Å². The number of aryl methyl sites for hydroxylation is 1. The van der Waals surface area contributed by atoms with Gasteiger partial charge in [-0.25, -0.2) is 13.6 Å². The monoisotopic (exact) mass is 420 g/mol.